The largest absolute Gasteiger partial charge is 0.332 e. The molecule has 0 amide bonds. The summed E-state index contributed by atoms with van der Waals surface area (Å²) >= 11 is 0. The van der Waals surface area contributed by atoms with Crippen molar-refractivity contribution in [3.05, 3.63) is 81.1 Å². The van der Waals surface area contributed by atoms with Gasteiger partial charge in [-0.3, -0.25) is 13.9 Å². The van der Waals surface area contributed by atoms with Gasteiger partial charge in [-0.05, 0) is 16.3 Å². The van der Waals surface area contributed by atoms with E-state index in [4.69, 9.17) is 5.26 Å². The summed E-state index contributed by atoms with van der Waals surface area (Å²) in [7, 11) is 0. The van der Waals surface area contributed by atoms with Crippen molar-refractivity contribution in [3.8, 4) is 6.07 Å². The Morgan fingerprint density at radius 3 is 2.59 bits per heavy atom. The van der Waals surface area contributed by atoms with Crippen LogP contribution in [-0.2, 0) is 13.1 Å². The number of benzene rings is 2. The van der Waals surface area contributed by atoms with Crippen molar-refractivity contribution >= 4 is 10.8 Å². The van der Waals surface area contributed by atoms with Crippen molar-refractivity contribution in [3.63, 3.8) is 0 Å². The summed E-state index contributed by atoms with van der Waals surface area (Å²) in [6, 6.07) is 16.8. The van der Waals surface area contributed by atoms with Gasteiger partial charge in [-0.25, -0.2) is 4.79 Å². The fourth-order valence-electron chi connectivity index (χ4n) is 2.50. The zero-order valence-corrected chi connectivity index (χ0v) is 11.8. The Morgan fingerprint density at radius 1 is 1.00 bits per heavy atom. The van der Waals surface area contributed by atoms with Gasteiger partial charge in [0.2, 0.25) is 0 Å². The van der Waals surface area contributed by atoms with E-state index in [1.165, 1.54) is 16.8 Å². The van der Waals surface area contributed by atoms with Crippen LogP contribution in [0.25, 0.3) is 10.8 Å². The number of nitrogens with zero attached hydrogens (tertiary/aromatic N) is 3. The van der Waals surface area contributed by atoms with Gasteiger partial charge >= 0.3 is 5.69 Å². The standard InChI is InChI=1S/C17H13N3O2/c18-9-11-19-10-8-16(21)20(17(19)22)12-14-6-3-5-13-4-1-2-7-15(13)14/h1-8,10H,11-12H2. The molecule has 0 spiro atoms. The number of hydrogen-bond acceptors (Lipinski definition) is 3. The van der Waals surface area contributed by atoms with Gasteiger partial charge in [0.15, 0.2) is 0 Å². The van der Waals surface area contributed by atoms with E-state index in [1.807, 2.05) is 48.5 Å². The third-order valence-electron chi connectivity index (χ3n) is 3.59. The van der Waals surface area contributed by atoms with Crippen LogP contribution in [0, 0.1) is 11.3 Å². The molecule has 0 aliphatic carbocycles. The van der Waals surface area contributed by atoms with E-state index in [1.54, 1.807) is 0 Å². The average molecular weight is 291 g/mol. The van der Waals surface area contributed by atoms with E-state index < -0.39 is 5.69 Å². The van der Waals surface area contributed by atoms with Crippen molar-refractivity contribution in [1.29, 1.82) is 5.26 Å². The minimum absolute atomic E-state index is 0.0748. The molecule has 0 radical (unpaired) electrons. The van der Waals surface area contributed by atoms with E-state index in [0.717, 1.165) is 20.9 Å². The highest BCUT2D eigenvalue weighted by Gasteiger charge is 2.08. The maximum Gasteiger partial charge on any atom is 0.332 e. The predicted octanol–water partition coefficient (Wildman–Crippen LogP) is 1.74. The molecule has 0 saturated carbocycles. The summed E-state index contributed by atoms with van der Waals surface area (Å²) in [4.78, 5) is 24.3. The highest BCUT2D eigenvalue weighted by Crippen LogP contribution is 2.18. The molecule has 22 heavy (non-hydrogen) atoms. The van der Waals surface area contributed by atoms with Gasteiger partial charge in [0.05, 0.1) is 12.6 Å². The average Bonchev–Trinajstić information content (AvgIpc) is 2.54. The minimum Gasteiger partial charge on any atom is -0.287 e. The quantitative estimate of drug-likeness (QED) is 0.738. The normalized spacial score (nSPS) is 10.5. The Hall–Kier alpha value is -3.13. The molecule has 0 atom stereocenters. The minimum atomic E-state index is -0.470. The van der Waals surface area contributed by atoms with Gasteiger partial charge in [-0.2, -0.15) is 5.26 Å². The molecular weight excluding hydrogens is 278 g/mol. The Labute approximate surface area is 126 Å². The molecule has 0 aliphatic rings. The maximum atomic E-state index is 12.3. The lowest BCUT2D eigenvalue weighted by atomic mass is 10.0. The van der Waals surface area contributed by atoms with E-state index in [-0.39, 0.29) is 18.6 Å². The molecule has 3 rings (SSSR count). The van der Waals surface area contributed by atoms with Gasteiger partial charge < -0.3 is 0 Å². The molecule has 1 aromatic heterocycles. The molecule has 1 heterocycles. The Kier molecular flexibility index (Phi) is 3.58. The summed E-state index contributed by atoms with van der Waals surface area (Å²) in [5.41, 5.74) is 0.0566. The maximum absolute atomic E-state index is 12.3. The van der Waals surface area contributed by atoms with Gasteiger partial charge in [0.1, 0.15) is 6.54 Å². The number of nitriles is 1. The fourth-order valence-corrected chi connectivity index (χ4v) is 2.50. The van der Waals surface area contributed by atoms with Gasteiger partial charge in [0, 0.05) is 12.3 Å². The lowest BCUT2D eigenvalue weighted by molar-refractivity contribution is 0.622. The molecule has 108 valence electrons. The molecule has 0 N–H and O–H groups in total. The van der Waals surface area contributed by atoms with Crippen LogP contribution in [0.15, 0.2) is 64.3 Å². The van der Waals surface area contributed by atoms with Crippen molar-refractivity contribution in [1.82, 2.24) is 9.13 Å². The molecule has 3 aromatic rings. The topological polar surface area (TPSA) is 67.8 Å². The number of hydrogen-bond donors (Lipinski definition) is 0. The zero-order chi connectivity index (χ0) is 15.5. The highest BCUT2D eigenvalue weighted by molar-refractivity contribution is 5.85. The van der Waals surface area contributed by atoms with Crippen LogP contribution in [0.5, 0.6) is 0 Å². The Morgan fingerprint density at radius 2 is 1.77 bits per heavy atom. The van der Waals surface area contributed by atoms with Crippen LogP contribution in [0.2, 0.25) is 0 Å². The van der Waals surface area contributed by atoms with Crippen molar-refractivity contribution in [2.24, 2.45) is 0 Å². The number of fused-ring (bicyclic) bond motifs is 1. The Bertz CT molecular complexity index is 988. The molecule has 5 nitrogen and oxygen atoms in total. The molecule has 2 aromatic carbocycles. The van der Waals surface area contributed by atoms with Crippen LogP contribution < -0.4 is 11.2 Å². The summed E-state index contributed by atoms with van der Waals surface area (Å²) < 4.78 is 2.38. The SMILES string of the molecule is N#CCn1ccc(=O)n(Cc2cccc3ccccc23)c1=O. The monoisotopic (exact) mass is 291 g/mol. The van der Waals surface area contributed by atoms with Crippen LogP contribution >= 0.6 is 0 Å². The third kappa shape index (κ3) is 2.42. The summed E-state index contributed by atoms with van der Waals surface area (Å²) in [5, 5.41) is 10.8. The van der Waals surface area contributed by atoms with Crippen molar-refractivity contribution in [2.75, 3.05) is 0 Å². The molecule has 0 unspecified atom stereocenters. The molecule has 0 fully saturated rings. The first-order valence-electron chi connectivity index (χ1n) is 6.84. The van der Waals surface area contributed by atoms with E-state index >= 15 is 0 Å². The van der Waals surface area contributed by atoms with Crippen LogP contribution in [0.1, 0.15) is 5.56 Å². The molecule has 0 aliphatic heterocycles. The summed E-state index contributed by atoms with van der Waals surface area (Å²) in [6.45, 7) is 0.111. The second-order valence-electron chi connectivity index (χ2n) is 4.95. The first-order valence-corrected chi connectivity index (χ1v) is 6.84. The first-order chi connectivity index (χ1) is 10.7. The summed E-state index contributed by atoms with van der Waals surface area (Å²) in [6.07, 6.45) is 1.35. The smallest absolute Gasteiger partial charge is 0.287 e. The second kappa shape index (κ2) is 5.70. The van der Waals surface area contributed by atoms with E-state index in [9.17, 15) is 9.59 Å². The van der Waals surface area contributed by atoms with Gasteiger partial charge in [-0.15, -0.1) is 0 Å². The van der Waals surface area contributed by atoms with E-state index in [2.05, 4.69) is 0 Å². The predicted molar refractivity (Wildman–Crippen MR) is 83.6 cm³/mol. The second-order valence-corrected chi connectivity index (χ2v) is 4.95. The summed E-state index contributed by atoms with van der Waals surface area (Å²) in [5.74, 6) is 0. The Balaban J connectivity index is 2.14. The molecule has 5 heteroatoms. The molecule has 0 bridgehead atoms. The molecular formula is C17H13N3O2. The van der Waals surface area contributed by atoms with Crippen molar-refractivity contribution < 1.29 is 0 Å². The van der Waals surface area contributed by atoms with Crippen LogP contribution in [0.3, 0.4) is 0 Å². The molecule has 0 saturated heterocycles. The highest BCUT2D eigenvalue weighted by atomic mass is 16.2. The number of rotatable bonds is 3. The fraction of sp³-hybridized carbons (Fsp3) is 0.118. The van der Waals surface area contributed by atoms with Gasteiger partial charge in [-0.1, -0.05) is 42.5 Å². The van der Waals surface area contributed by atoms with Crippen LogP contribution in [-0.4, -0.2) is 9.13 Å². The third-order valence-corrected chi connectivity index (χ3v) is 3.59. The van der Waals surface area contributed by atoms with Gasteiger partial charge in [0.25, 0.3) is 5.56 Å². The number of aromatic nitrogens is 2. The van der Waals surface area contributed by atoms with Crippen molar-refractivity contribution in [2.45, 2.75) is 13.1 Å². The lowest BCUT2D eigenvalue weighted by Crippen LogP contribution is -2.39. The first kappa shape index (κ1) is 13.8. The van der Waals surface area contributed by atoms with Crippen LogP contribution in [0.4, 0.5) is 0 Å². The zero-order valence-electron chi connectivity index (χ0n) is 11.8. The van der Waals surface area contributed by atoms with E-state index in [0.29, 0.717) is 0 Å². The lowest BCUT2D eigenvalue weighted by Gasteiger charge is -2.10.